The van der Waals surface area contributed by atoms with Gasteiger partial charge in [-0.05, 0) is 70.0 Å². The number of ether oxygens (including phenoxy) is 4. The Kier molecular flexibility index (Phi) is 8.89. The van der Waals surface area contributed by atoms with Crippen LogP contribution >= 0.6 is 27.5 Å². The van der Waals surface area contributed by atoms with Crippen LogP contribution in [0.1, 0.15) is 15.9 Å². The molecular weight excluding hydrogens is 528 g/mol. The number of nitrogens with one attached hydrogen (secondary N) is 1. The van der Waals surface area contributed by atoms with Gasteiger partial charge < -0.3 is 18.9 Å². The number of rotatable bonds is 9. The van der Waals surface area contributed by atoms with Crippen LogP contribution in [0.4, 0.5) is 0 Å². The summed E-state index contributed by atoms with van der Waals surface area (Å²) in [6.45, 7) is -0.234. The average molecular weight is 548 g/mol. The van der Waals surface area contributed by atoms with Crippen LogP contribution in [0.15, 0.2) is 70.2 Å². The molecule has 3 aromatic rings. The molecule has 0 aliphatic heterocycles. The van der Waals surface area contributed by atoms with Crippen molar-refractivity contribution in [2.75, 3.05) is 20.8 Å². The standard InChI is InChI=1S/C24H20BrClN2O6/c1-31-16-8-10-20(18(25)12-16)33-14-23(29)28-27-13-15-7-9-21(22(11-15)32-2)34-24(30)17-5-3-4-6-19(17)26/h3-13H,14H2,1-2H3,(H,28,29). The van der Waals surface area contributed by atoms with Crippen LogP contribution in [0, 0.1) is 0 Å². The van der Waals surface area contributed by atoms with Crippen LogP contribution < -0.4 is 24.4 Å². The van der Waals surface area contributed by atoms with Gasteiger partial charge >= 0.3 is 5.97 Å². The quantitative estimate of drug-likeness (QED) is 0.178. The van der Waals surface area contributed by atoms with Crippen molar-refractivity contribution in [3.05, 3.63) is 81.3 Å². The largest absolute Gasteiger partial charge is 0.497 e. The van der Waals surface area contributed by atoms with Crippen LogP contribution in [0.5, 0.6) is 23.0 Å². The maximum atomic E-state index is 12.4. The smallest absolute Gasteiger partial charge is 0.345 e. The Balaban J connectivity index is 1.57. The van der Waals surface area contributed by atoms with Gasteiger partial charge in [0.15, 0.2) is 18.1 Å². The number of carbonyl (C=O) groups excluding carboxylic acids is 2. The van der Waals surface area contributed by atoms with Gasteiger partial charge in [0.25, 0.3) is 5.91 Å². The molecule has 0 unspecified atom stereocenters. The van der Waals surface area contributed by atoms with E-state index in [0.717, 1.165) is 0 Å². The number of hydrazone groups is 1. The molecule has 176 valence electrons. The summed E-state index contributed by atoms with van der Waals surface area (Å²) >= 11 is 9.40. The Morgan fingerprint density at radius 2 is 1.76 bits per heavy atom. The zero-order chi connectivity index (χ0) is 24.5. The summed E-state index contributed by atoms with van der Waals surface area (Å²) in [5.41, 5.74) is 3.22. The van der Waals surface area contributed by atoms with Crippen molar-refractivity contribution in [3.63, 3.8) is 0 Å². The van der Waals surface area contributed by atoms with Crippen molar-refractivity contribution >= 4 is 45.6 Å². The number of methoxy groups -OCH3 is 2. The molecular formula is C24H20BrClN2O6. The maximum Gasteiger partial charge on any atom is 0.345 e. The lowest BCUT2D eigenvalue weighted by atomic mass is 10.2. The number of benzene rings is 3. The third kappa shape index (κ3) is 6.72. The highest BCUT2D eigenvalue weighted by Gasteiger charge is 2.15. The van der Waals surface area contributed by atoms with Gasteiger partial charge in [-0.2, -0.15) is 5.10 Å². The summed E-state index contributed by atoms with van der Waals surface area (Å²) in [6.07, 6.45) is 1.42. The second kappa shape index (κ2) is 12.1. The van der Waals surface area contributed by atoms with Crippen LogP contribution in [0.3, 0.4) is 0 Å². The van der Waals surface area contributed by atoms with E-state index in [1.165, 1.54) is 13.3 Å². The van der Waals surface area contributed by atoms with E-state index in [9.17, 15) is 9.59 Å². The molecule has 34 heavy (non-hydrogen) atoms. The minimum atomic E-state index is -0.610. The topological polar surface area (TPSA) is 95.5 Å². The minimum Gasteiger partial charge on any atom is -0.497 e. The lowest BCUT2D eigenvalue weighted by molar-refractivity contribution is -0.123. The van der Waals surface area contributed by atoms with Crippen LogP contribution in [0.25, 0.3) is 0 Å². The number of nitrogens with zero attached hydrogens (tertiary/aromatic N) is 1. The Labute approximate surface area is 209 Å². The average Bonchev–Trinajstić information content (AvgIpc) is 2.84. The molecule has 1 N–H and O–H groups in total. The van der Waals surface area contributed by atoms with E-state index in [0.29, 0.717) is 27.3 Å². The first-order valence-electron chi connectivity index (χ1n) is 9.84. The summed E-state index contributed by atoms with van der Waals surface area (Å²) in [4.78, 5) is 24.4. The van der Waals surface area contributed by atoms with E-state index in [-0.39, 0.29) is 22.9 Å². The molecule has 0 saturated heterocycles. The third-order valence-electron chi connectivity index (χ3n) is 4.38. The Hall–Kier alpha value is -3.56. The molecule has 10 heteroatoms. The zero-order valence-electron chi connectivity index (χ0n) is 18.2. The summed E-state index contributed by atoms with van der Waals surface area (Å²) in [5, 5.41) is 4.20. The van der Waals surface area contributed by atoms with Crippen molar-refractivity contribution < 1.29 is 28.5 Å². The number of esters is 1. The highest BCUT2D eigenvalue weighted by molar-refractivity contribution is 9.10. The van der Waals surface area contributed by atoms with Crippen molar-refractivity contribution in [2.45, 2.75) is 0 Å². The van der Waals surface area contributed by atoms with Crippen LogP contribution in [-0.4, -0.2) is 38.9 Å². The second-order valence-electron chi connectivity index (χ2n) is 6.66. The van der Waals surface area contributed by atoms with Crippen LogP contribution in [0.2, 0.25) is 5.02 Å². The van der Waals surface area contributed by atoms with Crippen molar-refractivity contribution in [2.24, 2.45) is 5.10 Å². The maximum absolute atomic E-state index is 12.4. The number of hydrogen-bond acceptors (Lipinski definition) is 7. The number of carbonyl (C=O) groups is 2. The number of halogens is 2. The van der Waals surface area contributed by atoms with Gasteiger partial charge in [-0.25, -0.2) is 10.2 Å². The molecule has 0 saturated carbocycles. The first-order valence-corrected chi connectivity index (χ1v) is 11.0. The number of hydrogen-bond donors (Lipinski definition) is 1. The normalized spacial score (nSPS) is 10.6. The summed E-state index contributed by atoms with van der Waals surface area (Å²) in [7, 11) is 3.00. The van der Waals surface area contributed by atoms with Gasteiger partial charge in [-0.15, -0.1) is 0 Å². The molecule has 3 aromatic carbocycles. The molecule has 0 spiro atoms. The molecule has 0 fully saturated rings. The van der Waals surface area contributed by atoms with Gasteiger partial charge in [0.2, 0.25) is 0 Å². The Morgan fingerprint density at radius 3 is 2.47 bits per heavy atom. The second-order valence-corrected chi connectivity index (χ2v) is 7.92. The first kappa shape index (κ1) is 25.1. The Morgan fingerprint density at radius 1 is 1.00 bits per heavy atom. The molecule has 0 aliphatic rings. The van der Waals surface area contributed by atoms with Gasteiger partial charge in [-0.3, -0.25) is 4.79 Å². The molecule has 0 aliphatic carbocycles. The fraction of sp³-hybridized carbons (Fsp3) is 0.125. The predicted molar refractivity (Wildman–Crippen MR) is 131 cm³/mol. The highest BCUT2D eigenvalue weighted by atomic mass is 79.9. The monoisotopic (exact) mass is 546 g/mol. The summed E-state index contributed by atoms with van der Waals surface area (Å²) in [5.74, 6) is 0.618. The molecule has 0 heterocycles. The fourth-order valence-electron chi connectivity index (χ4n) is 2.71. The molecule has 0 radical (unpaired) electrons. The van der Waals surface area contributed by atoms with E-state index >= 15 is 0 Å². The molecule has 0 aromatic heterocycles. The van der Waals surface area contributed by atoms with Gasteiger partial charge in [0.1, 0.15) is 11.5 Å². The molecule has 0 bridgehead atoms. The fourth-order valence-corrected chi connectivity index (χ4v) is 3.40. The SMILES string of the molecule is COc1ccc(OCC(=O)NN=Cc2ccc(OC(=O)c3ccccc3Cl)c(OC)c2)c(Br)c1. The summed E-state index contributed by atoms with van der Waals surface area (Å²) in [6, 6.07) is 16.5. The molecule has 3 rings (SSSR count). The lowest BCUT2D eigenvalue weighted by Gasteiger charge is -2.10. The first-order chi connectivity index (χ1) is 16.4. The van der Waals surface area contributed by atoms with E-state index in [1.54, 1.807) is 67.8 Å². The van der Waals surface area contributed by atoms with Crippen LogP contribution in [-0.2, 0) is 4.79 Å². The van der Waals surface area contributed by atoms with Gasteiger partial charge in [0, 0.05) is 0 Å². The molecule has 1 amide bonds. The molecule has 0 atom stereocenters. The zero-order valence-corrected chi connectivity index (χ0v) is 20.6. The van der Waals surface area contributed by atoms with Crippen molar-refractivity contribution in [1.82, 2.24) is 5.43 Å². The number of amides is 1. The Bertz CT molecular complexity index is 1220. The summed E-state index contributed by atoms with van der Waals surface area (Å²) < 4.78 is 22.0. The van der Waals surface area contributed by atoms with E-state index < -0.39 is 11.9 Å². The minimum absolute atomic E-state index is 0.215. The van der Waals surface area contributed by atoms with Gasteiger partial charge in [-0.1, -0.05) is 23.7 Å². The predicted octanol–water partition coefficient (Wildman–Crippen LogP) is 4.87. The lowest BCUT2D eigenvalue weighted by Crippen LogP contribution is -2.24. The van der Waals surface area contributed by atoms with Crippen molar-refractivity contribution in [3.8, 4) is 23.0 Å². The molecule has 8 nitrogen and oxygen atoms in total. The van der Waals surface area contributed by atoms with E-state index in [1.807, 2.05) is 0 Å². The highest BCUT2D eigenvalue weighted by Crippen LogP contribution is 2.30. The van der Waals surface area contributed by atoms with E-state index in [2.05, 4.69) is 26.5 Å². The van der Waals surface area contributed by atoms with Crippen molar-refractivity contribution in [1.29, 1.82) is 0 Å². The van der Waals surface area contributed by atoms with Gasteiger partial charge in [0.05, 0.1) is 35.5 Å². The third-order valence-corrected chi connectivity index (χ3v) is 5.33. The van der Waals surface area contributed by atoms with E-state index in [4.69, 9.17) is 30.5 Å².